The van der Waals surface area contributed by atoms with Gasteiger partial charge >= 0.3 is 0 Å². The fraction of sp³-hybridized carbons (Fsp3) is 0.316. The molecule has 0 spiro atoms. The maximum absolute atomic E-state index is 12.4. The van der Waals surface area contributed by atoms with Crippen LogP contribution in [0.2, 0.25) is 0 Å². The summed E-state index contributed by atoms with van der Waals surface area (Å²) in [6.07, 6.45) is 0. The standard InChI is InChI=1S/C19H23NO5S/c1-4-24-15-8-11-18(25-5-2)17(12-15)20-19(21)13-26(22,23)16-9-6-14(3)7-10-16/h6-12H,4-5,13H2,1-3H3,(H,20,21). The van der Waals surface area contributed by atoms with E-state index in [0.717, 1.165) is 5.56 Å². The third-order valence-corrected chi connectivity index (χ3v) is 5.17. The van der Waals surface area contributed by atoms with E-state index in [2.05, 4.69) is 5.32 Å². The van der Waals surface area contributed by atoms with Gasteiger partial charge in [-0.25, -0.2) is 8.42 Å². The predicted octanol–water partition coefficient (Wildman–Crippen LogP) is 3.20. The highest BCUT2D eigenvalue weighted by molar-refractivity contribution is 7.92. The minimum Gasteiger partial charge on any atom is -0.494 e. The van der Waals surface area contributed by atoms with Gasteiger partial charge in [-0.2, -0.15) is 0 Å². The largest absolute Gasteiger partial charge is 0.494 e. The highest BCUT2D eigenvalue weighted by Crippen LogP contribution is 2.29. The van der Waals surface area contributed by atoms with Gasteiger partial charge in [0.25, 0.3) is 0 Å². The SMILES string of the molecule is CCOc1ccc(OCC)c(NC(=O)CS(=O)(=O)c2ccc(C)cc2)c1. The smallest absolute Gasteiger partial charge is 0.240 e. The highest BCUT2D eigenvalue weighted by Gasteiger charge is 2.20. The molecule has 0 bridgehead atoms. The van der Waals surface area contributed by atoms with E-state index in [4.69, 9.17) is 9.47 Å². The molecule has 0 aliphatic heterocycles. The van der Waals surface area contributed by atoms with Crippen LogP contribution >= 0.6 is 0 Å². The van der Waals surface area contributed by atoms with E-state index in [-0.39, 0.29) is 4.90 Å². The molecule has 7 heteroatoms. The summed E-state index contributed by atoms with van der Waals surface area (Å²) >= 11 is 0. The lowest BCUT2D eigenvalue weighted by Crippen LogP contribution is -2.23. The quantitative estimate of drug-likeness (QED) is 0.764. The molecule has 0 fully saturated rings. The summed E-state index contributed by atoms with van der Waals surface area (Å²) in [6, 6.07) is 11.4. The Morgan fingerprint density at radius 2 is 1.65 bits per heavy atom. The maximum Gasteiger partial charge on any atom is 0.240 e. The second-order valence-electron chi connectivity index (χ2n) is 5.64. The number of nitrogens with one attached hydrogen (secondary N) is 1. The first-order valence-corrected chi connectivity index (χ1v) is 10.00. The summed E-state index contributed by atoms with van der Waals surface area (Å²) in [6.45, 7) is 6.43. The number of sulfone groups is 1. The van der Waals surface area contributed by atoms with Crippen molar-refractivity contribution in [2.24, 2.45) is 0 Å². The van der Waals surface area contributed by atoms with Crippen LogP contribution in [0.5, 0.6) is 11.5 Å². The van der Waals surface area contributed by atoms with Gasteiger partial charge in [-0.05, 0) is 45.0 Å². The molecule has 0 atom stereocenters. The monoisotopic (exact) mass is 377 g/mol. The van der Waals surface area contributed by atoms with Crippen LogP contribution in [0.15, 0.2) is 47.4 Å². The zero-order valence-corrected chi connectivity index (χ0v) is 15.9. The number of anilines is 1. The fourth-order valence-corrected chi connectivity index (χ4v) is 3.47. The van der Waals surface area contributed by atoms with Crippen molar-refractivity contribution in [3.63, 3.8) is 0 Å². The topological polar surface area (TPSA) is 81.7 Å². The molecule has 6 nitrogen and oxygen atoms in total. The van der Waals surface area contributed by atoms with Crippen LogP contribution in [0.4, 0.5) is 5.69 Å². The first-order valence-electron chi connectivity index (χ1n) is 8.34. The summed E-state index contributed by atoms with van der Waals surface area (Å²) in [7, 11) is -3.73. The van der Waals surface area contributed by atoms with E-state index >= 15 is 0 Å². The Balaban J connectivity index is 2.18. The third kappa shape index (κ3) is 5.23. The van der Waals surface area contributed by atoms with Crippen LogP contribution in [0.25, 0.3) is 0 Å². The van der Waals surface area contributed by atoms with Gasteiger partial charge in [0.2, 0.25) is 5.91 Å². The Morgan fingerprint density at radius 1 is 1.00 bits per heavy atom. The molecule has 0 heterocycles. The van der Waals surface area contributed by atoms with Crippen molar-refractivity contribution in [3.8, 4) is 11.5 Å². The lowest BCUT2D eigenvalue weighted by Gasteiger charge is -2.13. The second-order valence-corrected chi connectivity index (χ2v) is 7.63. The molecule has 2 aromatic rings. The number of hydrogen-bond donors (Lipinski definition) is 1. The number of amides is 1. The van der Waals surface area contributed by atoms with Crippen LogP contribution in [0.1, 0.15) is 19.4 Å². The molecular weight excluding hydrogens is 354 g/mol. The van der Waals surface area contributed by atoms with E-state index < -0.39 is 21.5 Å². The van der Waals surface area contributed by atoms with Crippen molar-refractivity contribution in [3.05, 3.63) is 48.0 Å². The number of aryl methyl sites for hydroxylation is 1. The summed E-state index contributed by atoms with van der Waals surface area (Å²) in [5.74, 6) is -0.273. The zero-order chi connectivity index (χ0) is 19.2. The number of hydrogen-bond acceptors (Lipinski definition) is 5. The molecule has 2 aromatic carbocycles. The molecule has 0 saturated heterocycles. The maximum atomic E-state index is 12.4. The Hall–Kier alpha value is -2.54. The van der Waals surface area contributed by atoms with Gasteiger partial charge in [0.05, 0.1) is 23.8 Å². The van der Waals surface area contributed by atoms with Gasteiger partial charge in [0.15, 0.2) is 9.84 Å². The highest BCUT2D eigenvalue weighted by atomic mass is 32.2. The van der Waals surface area contributed by atoms with E-state index in [1.54, 1.807) is 30.3 Å². The van der Waals surface area contributed by atoms with Crippen LogP contribution in [0, 0.1) is 6.92 Å². The van der Waals surface area contributed by atoms with E-state index in [1.807, 2.05) is 20.8 Å². The molecular formula is C19H23NO5S. The summed E-state index contributed by atoms with van der Waals surface area (Å²) in [5, 5.41) is 2.61. The van der Waals surface area contributed by atoms with Crippen LogP contribution in [0.3, 0.4) is 0 Å². The van der Waals surface area contributed by atoms with Gasteiger partial charge in [0.1, 0.15) is 17.3 Å². The normalized spacial score (nSPS) is 11.0. The van der Waals surface area contributed by atoms with Crippen molar-refractivity contribution in [2.45, 2.75) is 25.7 Å². The number of rotatable bonds is 8. The summed E-state index contributed by atoms with van der Waals surface area (Å²) < 4.78 is 35.7. The van der Waals surface area contributed by atoms with Crippen molar-refractivity contribution in [2.75, 3.05) is 24.3 Å². The molecule has 0 aromatic heterocycles. The third-order valence-electron chi connectivity index (χ3n) is 3.54. The molecule has 0 radical (unpaired) electrons. The first kappa shape index (κ1) is 19.8. The van der Waals surface area contributed by atoms with Crippen molar-refractivity contribution >= 4 is 21.4 Å². The number of ether oxygens (including phenoxy) is 2. The van der Waals surface area contributed by atoms with E-state index in [9.17, 15) is 13.2 Å². The van der Waals surface area contributed by atoms with Crippen LogP contribution < -0.4 is 14.8 Å². The Labute approximate surface area is 154 Å². The number of carbonyl (C=O) groups excluding carboxylic acids is 1. The van der Waals surface area contributed by atoms with E-state index in [1.165, 1.54) is 12.1 Å². The Morgan fingerprint density at radius 3 is 2.27 bits per heavy atom. The van der Waals surface area contributed by atoms with Gasteiger partial charge < -0.3 is 14.8 Å². The van der Waals surface area contributed by atoms with Crippen LogP contribution in [-0.2, 0) is 14.6 Å². The molecule has 26 heavy (non-hydrogen) atoms. The second kappa shape index (κ2) is 8.71. The minimum absolute atomic E-state index is 0.117. The fourth-order valence-electron chi connectivity index (χ4n) is 2.33. The molecule has 0 aliphatic rings. The van der Waals surface area contributed by atoms with Crippen molar-refractivity contribution in [1.29, 1.82) is 0 Å². The van der Waals surface area contributed by atoms with Gasteiger partial charge in [-0.3, -0.25) is 4.79 Å². The van der Waals surface area contributed by atoms with Crippen molar-refractivity contribution in [1.82, 2.24) is 0 Å². The van der Waals surface area contributed by atoms with Gasteiger partial charge in [-0.1, -0.05) is 17.7 Å². The Bertz CT molecular complexity index is 860. The molecule has 140 valence electrons. The first-order chi connectivity index (χ1) is 12.4. The lowest BCUT2D eigenvalue weighted by atomic mass is 10.2. The lowest BCUT2D eigenvalue weighted by molar-refractivity contribution is -0.113. The molecule has 0 aliphatic carbocycles. The number of benzene rings is 2. The number of carbonyl (C=O) groups is 1. The Kier molecular flexibility index (Phi) is 6.63. The van der Waals surface area contributed by atoms with Crippen molar-refractivity contribution < 1.29 is 22.7 Å². The molecule has 0 saturated carbocycles. The average molecular weight is 377 g/mol. The summed E-state index contributed by atoms with van der Waals surface area (Å²) in [4.78, 5) is 12.4. The van der Waals surface area contributed by atoms with E-state index in [0.29, 0.717) is 30.4 Å². The van der Waals surface area contributed by atoms with Gasteiger partial charge in [-0.15, -0.1) is 0 Å². The molecule has 1 amide bonds. The van der Waals surface area contributed by atoms with Gasteiger partial charge in [0, 0.05) is 6.07 Å². The molecule has 1 N–H and O–H groups in total. The average Bonchev–Trinajstić information content (AvgIpc) is 2.57. The predicted molar refractivity (Wildman–Crippen MR) is 101 cm³/mol. The zero-order valence-electron chi connectivity index (χ0n) is 15.1. The van der Waals surface area contributed by atoms with Crippen LogP contribution in [-0.4, -0.2) is 33.3 Å². The molecule has 0 unspecified atom stereocenters. The minimum atomic E-state index is -3.73. The molecule has 2 rings (SSSR count). The summed E-state index contributed by atoms with van der Waals surface area (Å²) in [5.41, 5.74) is 1.32.